The monoisotopic (exact) mass is 322 g/mol. The molecule has 1 fully saturated rings. The molecule has 0 N–H and O–H groups in total. The average Bonchev–Trinajstić information content (AvgIpc) is 2.98. The molecule has 0 spiro atoms. The molecular formula is C22H42O. The van der Waals surface area contributed by atoms with Crippen molar-refractivity contribution in [3.63, 3.8) is 0 Å². The first-order valence-electron chi connectivity index (χ1n) is 10.2. The van der Waals surface area contributed by atoms with E-state index in [4.69, 9.17) is 0 Å². The number of ketones is 1. The van der Waals surface area contributed by atoms with E-state index in [1.807, 2.05) is 0 Å². The van der Waals surface area contributed by atoms with E-state index in [1.54, 1.807) is 6.92 Å². The zero-order chi connectivity index (χ0) is 17.5. The number of rotatable bonds is 11. The lowest BCUT2D eigenvalue weighted by molar-refractivity contribution is -0.120. The maximum absolute atomic E-state index is 11.1. The Hall–Kier alpha value is -0.330. The molecule has 0 aromatic carbocycles. The van der Waals surface area contributed by atoms with Gasteiger partial charge in [0.2, 0.25) is 0 Å². The molecule has 0 aliphatic heterocycles. The quantitative estimate of drug-likeness (QED) is 0.367. The molecule has 0 bridgehead atoms. The standard InChI is InChI=1S/C12H21O.C10H21/c1-4-11-6-5-7-12(11)8-9(2)10(3)13;1-3-5-7-9-10-8-6-4-2/h9,11-12H,2,4-8H2,1,3H3;1,3-10H2,2H3. The van der Waals surface area contributed by atoms with Crippen molar-refractivity contribution in [3.8, 4) is 0 Å². The fraction of sp³-hybridized carbons (Fsp3) is 0.864. The van der Waals surface area contributed by atoms with Gasteiger partial charge in [0.05, 0.1) is 0 Å². The lowest BCUT2D eigenvalue weighted by atomic mass is 9.85. The van der Waals surface area contributed by atoms with Gasteiger partial charge < -0.3 is 0 Å². The van der Waals surface area contributed by atoms with Crippen LogP contribution >= 0.6 is 0 Å². The number of unbranched alkanes of at least 4 members (excludes halogenated alkanes) is 7. The number of carbonyl (C=O) groups excluding carboxylic acids is 1. The average molecular weight is 323 g/mol. The Labute approximate surface area is 147 Å². The fourth-order valence-electron chi connectivity index (χ4n) is 3.63. The lowest BCUT2D eigenvalue weighted by Crippen LogP contribution is -2.15. The summed E-state index contributed by atoms with van der Waals surface area (Å²) in [6.45, 7) is 13.9. The topological polar surface area (TPSA) is 17.1 Å². The van der Waals surface area contributed by atoms with Crippen molar-refractivity contribution in [2.75, 3.05) is 0 Å². The van der Waals surface area contributed by atoms with Crippen LogP contribution in [0.25, 0.3) is 0 Å². The summed E-state index contributed by atoms with van der Waals surface area (Å²) in [5.41, 5.74) is 0. The second-order valence-electron chi connectivity index (χ2n) is 7.38. The molecule has 1 saturated carbocycles. The van der Waals surface area contributed by atoms with Gasteiger partial charge in [0.25, 0.3) is 0 Å². The van der Waals surface area contributed by atoms with E-state index in [-0.39, 0.29) is 11.7 Å². The number of hydrogen-bond donors (Lipinski definition) is 0. The zero-order valence-corrected chi connectivity index (χ0v) is 16.2. The molecule has 1 heteroatoms. The first-order valence-corrected chi connectivity index (χ1v) is 10.2. The molecule has 3 unspecified atom stereocenters. The number of carbonyl (C=O) groups is 1. The van der Waals surface area contributed by atoms with E-state index >= 15 is 0 Å². The largest absolute Gasteiger partial charge is 0.300 e. The van der Waals surface area contributed by atoms with Gasteiger partial charge in [0.1, 0.15) is 5.78 Å². The van der Waals surface area contributed by atoms with Gasteiger partial charge in [-0.3, -0.25) is 4.79 Å². The lowest BCUT2D eigenvalue weighted by Gasteiger charge is -2.20. The molecule has 23 heavy (non-hydrogen) atoms. The maximum Gasteiger partial charge on any atom is 0.132 e. The predicted molar refractivity (Wildman–Crippen MR) is 103 cm³/mol. The maximum atomic E-state index is 11.1. The van der Waals surface area contributed by atoms with E-state index < -0.39 is 0 Å². The van der Waals surface area contributed by atoms with Crippen LogP contribution in [0.15, 0.2) is 0 Å². The van der Waals surface area contributed by atoms with Crippen molar-refractivity contribution in [2.45, 2.75) is 104 Å². The second kappa shape index (κ2) is 15.2. The van der Waals surface area contributed by atoms with Gasteiger partial charge in [0.15, 0.2) is 0 Å². The first-order chi connectivity index (χ1) is 11.1. The molecule has 0 aromatic heterocycles. The number of hydrogen-bond acceptors (Lipinski definition) is 1. The molecule has 1 aliphatic rings. The Morgan fingerprint density at radius 1 is 1.00 bits per heavy atom. The summed E-state index contributed by atoms with van der Waals surface area (Å²) in [6, 6.07) is 0. The van der Waals surface area contributed by atoms with Crippen LogP contribution in [0, 0.1) is 31.6 Å². The molecule has 3 atom stereocenters. The minimum atomic E-state index is 0.0390. The highest BCUT2D eigenvalue weighted by molar-refractivity contribution is 5.78. The molecule has 0 amide bonds. The van der Waals surface area contributed by atoms with Gasteiger partial charge in [0, 0.05) is 5.92 Å². The Kier molecular flexibility index (Phi) is 15.0. The van der Waals surface area contributed by atoms with Crippen LogP contribution in [-0.2, 0) is 4.79 Å². The summed E-state index contributed by atoms with van der Waals surface area (Å²) in [5.74, 6) is 1.93. The summed E-state index contributed by atoms with van der Waals surface area (Å²) in [7, 11) is 0. The molecule has 136 valence electrons. The Balaban J connectivity index is 0.000000438. The fourth-order valence-corrected chi connectivity index (χ4v) is 3.63. The zero-order valence-electron chi connectivity index (χ0n) is 16.2. The van der Waals surface area contributed by atoms with Crippen LogP contribution in [0.2, 0.25) is 0 Å². The van der Waals surface area contributed by atoms with Gasteiger partial charge in [-0.1, -0.05) is 97.8 Å². The van der Waals surface area contributed by atoms with Gasteiger partial charge in [-0.15, -0.1) is 0 Å². The molecule has 1 rings (SSSR count). The molecule has 0 saturated heterocycles. The van der Waals surface area contributed by atoms with Gasteiger partial charge >= 0.3 is 0 Å². The van der Waals surface area contributed by atoms with Crippen molar-refractivity contribution in [1.29, 1.82) is 0 Å². The summed E-state index contributed by atoms with van der Waals surface area (Å²) in [6.07, 6.45) is 17.3. The second-order valence-corrected chi connectivity index (χ2v) is 7.38. The van der Waals surface area contributed by atoms with Crippen LogP contribution < -0.4 is 0 Å². The van der Waals surface area contributed by atoms with Gasteiger partial charge in [-0.05, 0) is 32.1 Å². The Bertz CT molecular complexity index is 263. The normalized spacial score (nSPS) is 21.6. The van der Waals surface area contributed by atoms with Gasteiger partial charge in [-0.25, -0.2) is 0 Å². The smallest absolute Gasteiger partial charge is 0.132 e. The van der Waals surface area contributed by atoms with E-state index in [0.29, 0.717) is 0 Å². The van der Waals surface area contributed by atoms with Crippen molar-refractivity contribution >= 4 is 5.78 Å². The van der Waals surface area contributed by atoms with Crippen molar-refractivity contribution in [1.82, 2.24) is 0 Å². The summed E-state index contributed by atoms with van der Waals surface area (Å²) in [5, 5.41) is 0. The minimum Gasteiger partial charge on any atom is -0.300 e. The summed E-state index contributed by atoms with van der Waals surface area (Å²) < 4.78 is 0. The molecule has 2 radical (unpaired) electrons. The van der Waals surface area contributed by atoms with E-state index in [0.717, 1.165) is 24.7 Å². The third kappa shape index (κ3) is 11.8. The van der Waals surface area contributed by atoms with E-state index in [9.17, 15) is 4.79 Å². The SMILES string of the molecule is [CH2]C(CC1CCCC1CC)C(C)=O.[CH2]CCCCCCCCC. The highest BCUT2D eigenvalue weighted by atomic mass is 16.1. The molecule has 1 nitrogen and oxygen atoms in total. The molecule has 0 aromatic rings. The molecule has 1 aliphatic carbocycles. The van der Waals surface area contributed by atoms with Crippen molar-refractivity contribution < 1.29 is 4.79 Å². The first kappa shape index (κ1) is 22.7. The van der Waals surface area contributed by atoms with Crippen molar-refractivity contribution in [3.05, 3.63) is 13.8 Å². The highest BCUT2D eigenvalue weighted by Gasteiger charge is 2.27. The molecular weight excluding hydrogens is 280 g/mol. The predicted octanol–water partition coefficient (Wildman–Crippen LogP) is 7.20. The highest BCUT2D eigenvalue weighted by Crippen LogP contribution is 2.37. The third-order valence-corrected chi connectivity index (χ3v) is 5.36. The van der Waals surface area contributed by atoms with Gasteiger partial charge in [-0.2, -0.15) is 0 Å². The molecule has 0 heterocycles. The number of Topliss-reactive ketones (excluding diaryl/α,β-unsaturated/α-hetero) is 1. The Morgan fingerprint density at radius 2 is 1.57 bits per heavy atom. The van der Waals surface area contributed by atoms with Crippen LogP contribution in [0.5, 0.6) is 0 Å². The van der Waals surface area contributed by atoms with Crippen LogP contribution in [0.3, 0.4) is 0 Å². The van der Waals surface area contributed by atoms with Crippen LogP contribution in [0.4, 0.5) is 0 Å². The van der Waals surface area contributed by atoms with E-state index in [1.165, 1.54) is 70.6 Å². The minimum absolute atomic E-state index is 0.0390. The third-order valence-electron chi connectivity index (χ3n) is 5.36. The van der Waals surface area contributed by atoms with Crippen molar-refractivity contribution in [2.24, 2.45) is 17.8 Å². The van der Waals surface area contributed by atoms with Crippen LogP contribution in [0.1, 0.15) is 104 Å². The Morgan fingerprint density at radius 3 is 2.09 bits per heavy atom. The van der Waals surface area contributed by atoms with E-state index in [2.05, 4.69) is 27.7 Å². The summed E-state index contributed by atoms with van der Waals surface area (Å²) in [4.78, 5) is 11.1. The van der Waals surface area contributed by atoms with Crippen LogP contribution in [-0.4, -0.2) is 5.78 Å². The summed E-state index contributed by atoms with van der Waals surface area (Å²) >= 11 is 0.